The SMILES string of the molecule is BC1=CCNCC1. The Morgan fingerprint density at radius 3 is 2.86 bits per heavy atom. The van der Waals surface area contributed by atoms with Crippen LogP contribution in [0.15, 0.2) is 11.5 Å². The predicted molar refractivity (Wildman–Crippen MR) is 34.1 cm³/mol. The van der Waals surface area contributed by atoms with Crippen LogP contribution in [0.1, 0.15) is 6.42 Å². The summed E-state index contributed by atoms with van der Waals surface area (Å²) in [6, 6.07) is 0. The van der Waals surface area contributed by atoms with Gasteiger partial charge in [-0.05, 0) is 13.0 Å². The van der Waals surface area contributed by atoms with E-state index in [1.165, 1.54) is 18.4 Å². The van der Waals surface area contributed by atoms with Crippen molar-refractivity contribution in [3.8, 4) is 0 Å². The molecular weight excluding hydrogens is 84.9 g/mol. The zero-order valence-electron chi connectivity index (χ0n) is 4.70. The number of hydrogen-bond donors (Lipinski definition) is 1. The average molecular weight is 95.0 g/mol. The Bertz CT molecular complexity index is 88.1. The van der Waals surface area contributed by atoms with Gasteiger partial charge in [-0.25, -0.2) is 0 Å². The van der Waals surface area contributed by atoms with Crippen LogP contribution in [0.5, 0.6) is 0 Å². The van der Waals surface area contributed by atoms with Gasteiger partial charge in [0.1, 0.15) is 7.85 Å². The molecule has 1 rings (SSSR count). The molecule has 38 valence electrons. The topological polar surface area (TPSA) is 12.0 Å². The van der Waals surface area contributed by atoms with E-state index in [0.717, 1.165) is 6.54 Å². The maximum atomic E-state index is 3.24. The molecule has 0 atom stereocenters. The van der Waals surface area contributed by atoms with Crippen molar-refractivity contribution < 1.29 is 0 Å². The van der Waals surface area contributed by atoms with E-state index in [9.17, 15) is 0 Å². The van der Waals surface area contributed by atoms with Crippen molar-refractivity contribution in [2.45, 2.75) is 6.42 Å². The summed E-state index contributed by atoms with van der Waals surface area (Å²) in [5.41, 5.74) is 1.53. The second-order valence-corrected chi connectivity index (χ2v) is 2.00. The molecule has 0 aromatic heterocycles. The van der Waals surface area contributed by atoms with E-state index in [1.807, 2.05) is 0 Å². The third-order valence-electron chi connectivity index (χ3n) is 1.29. The summed E-state index contributed by atoms with van der Waals surface area (Å²) in [7, 11) is 2.18. The Hall–Kier alpha value is -0.235. The highest BCUT2D eigenvalue weighted by Gasteiger charge is 1.93. The lowest BCUT2D eigenvalue weighted by Crippen LogP contribution is -2.20. The number of hydrogen-bond acceptors (Lipinski definition) is 1. The minimum atomic E-state index is 1.08. The van der Waals surface area contributed by atoms with Crippen molar-refractivity contribution in [2.75, 3.05) is 13.1 Å². The summed E-state index contributed by atoms with van der Waals surface area (Å²) in [6.07, 6.45) is 3.48. The molecule has 1 aliphatic rings. The number of nitrogens with one attached hydrogen (secondary N) is 1. The molecule has 2 heteroatoms. The summed E-state index contributed by atoms with van der Waals surface area (Å²) in [5.74, 6) is 0. The van der Waals surface area contributed by atoms with E-state index < -0.39 is 0 Å². The molecule has 0 spiro atoms. The van der Waals surface area contributed by atoms with Crippen molar-refractivity contribution in [3.05, 3.63) is 11.5 Å². The molecule has 0 unspecified atom stereocenters. The Balaban J connectivity index is 2.40. The molecule has 0 aromatic rings. The summed E-state index contributed by atoms with van der Waals surface area (Å²) in [6.45, 7) is 2.24. The summed E-state index contributed by atoms with van der Waals surface area (Å²) in [4.78, 5) is 0. The van der Waals surface area contributed by atoms with Gasteiger partial charge in [0, 0.05) is 6.54 Å². The molecule has 1 aliphatic heterocycles. The zero-order chi connectivity index (χ0) is 5.11. The molecule has 0 aromatic carbocycles. The van der Waals surface area contributed by atoms with Gasteiger partial charge in [0.15, 0.2) is 0 Å². The second kappa shape index (κ2) is 2.17. The summed E-state index contributed by atoms with van der Waals surface area (Å²) >= 11 is 0. The smallest absolute Gasteiger partial charge is 0.133 e. The molecule has 1 nitrogen and oxygen atoms in total. The third-order valence-corrected chi connectivity index (χ3v) is 1.29. The minimum Gasteiger partial charge on any atom is -0.313 e. The van der Waals surface area contributed by atoms with Crippen molar-refractivity contribution in [3.63, 3.8) is 0 Å². The Labute approximate surface area is 45.2 Å². The monoisotopic (exact) mass is 95.1 g/mol. The van der Waals surface area contributed by atoms with Gasteiger partial charge in [0.2, 0.25) is 0 Å². The van der Waals surface area contributed by atoms with Crippen LogP contribution in [0.3, 0.4) is 0 Å². The highest BCUT2D eigenvalue weighted by Crippen LogP contribution is 1.95. The van der Waals surface area contributed by atoms with Crippen LogP contribution in [0.4, 0.5) is 0 Å². The molecule has 0 amide bonds. The van der Waals surface area contributed by atoms with Crippen molar-refractivity contribution in [2.24, 2.45) is 0 Å². The van der Waals surface area contributed by atoms with Crippen LogP contribution in [0, 0.1) is 0 Å². The first-order valence-corrected chi connectivity index (χ1v) is 2.76. The largest absolute Gasteiger partial charge is 0.313 e. The minimum absolute atomic E-state index is 1.08. The van der Waals surface area contributed by atoms with Gasteiger partial charge in [0.05, 0.1) is 0 Å². The van der Waals surface area contributed by atoms with Crippen LogP contribution < -0.4 is 5.32 Å². The maximum Gasteiger partial charge on any atom is 0.133 e. The van der Waals surface area contributed by atoms with Crippen LogP contribution in [-0.2, 0) is 0 Å². The Morgan fingerprint density at radius 1 is 1.71 bits per heavy atom. The van der Waals surface area contributed by atoms with E-state index in [4.69, 9.17) is 0 Å². The van der Waals surface area contributed by atoms with Crippen LogP contribution in [-0.4, -0.2) is 20.9 Å². The Morgan fingerprint density at radius 2 is 2.57 bits per heavy atom. The zero-order valence-corrected chi connectivity index (χ0v) is 4.70. The lowest BCUT2D eigenvalue weighted by molar-refractivity contribution is 0.721. The van der Waals surface area contributed by atoms with E-state index in [-0.39, 0.29) is 0 Å². The first-order chi connectivity index (χ1) is 3.39. The number of rotatable bonds is 0. The van der Waals surface area contributed by atoms with Gasteiger partial charge in [0.25, 0.3) is 0 Å². The molecule has 0 bridgehead atoms. The first-order valence-electron chi connectivity index (χ1n) is 2.76. The average Bonchev–Trinajstić information content (AvgIpc) is 1.69. The second-order valence-electron chi connectivity index (χ2n) is 2.00. The lowest BCUT2D eigenvalue weighted by atomic mass is 9.91. The van der Waals surface area contributed by atoms with E-state index >= 15 is 0 Å². The van der Waals surface area contributed by atoms with Crippen LogP contribution in [0.2, 0.25) is 0 Å². The van der Waals surface area contributed by atoms with Gasteiger partial charge in [-0.2, -0.15) is 0 Å². The van der Waals surface area contributed by atoms with Gasteiger partial charge in [-0.1, -0.05) is 6.08 Å². The molecule has 1 N–H and O–H groups in total. The molecule has 7 heavy (non-hydrogen) atoms. The first kappa shape index (κ1) is 4.91. The quantitative estimate of drug-likeness (QED) is 0.400. The van der Waals surface area contributed by atoms with Gasteiger partial charge >= 0.3 is 0 Å². The molecule has 0 aliphatic carbocycles. The normalized spacial score (nSPS) is 21.4. The van der Waals surface area contributed by atoms with E-state index in [0.29, 0.717) is 0 Å². The van der Waals surface area contributed by atoms with Crippen molar-refractivity contribution in [1.29, 1.82) is 0 Å². The van der Waals surface area contributed by atoms with Gasteiger partial charge in [-0.3, -0.25) is 0 Å². The van der Waals surface area contributed by atoms with Gasteiger partial charge in [-0.15, -0.1) is 5.47 Å². The molecular formula is C5H10BN. The van der Waals surface area contributed by atoms with Crippen LogP contribution >= 0.6 is 0 Å². The van der Waals surface area contributed by atoms with E-state index in [2.05, 4.69) is 19.2 Å². The summed E-state index contributed by atoms with van der Waals surface area (Å²) < 4.78 is 0. The van der Waals surface area contributed by atoms with Gasteiger partial charge < -0.3 is 5.32 Å². The highest BCUT2D eigenvalue weighted by atomic mass is 14.8. The fourth-order valence-corrected chi connectivity index (χ4v) is 0.736. The molecule has 0 radical (unpaired) electrons. The molecule has 0 saturated carbocycles. The summed E-state index contributed by atoms with van der Waals surface area (Å²) in [5, 5.41) is 3.24. The highest BCUT2D eigenvalue weighted by molar-refractivity contribution is 6.21. The third kappa shape index (κ3) is 1.36. The standard InChI is InChI=1S/C5H10BN/c6-5-1-3-7-4-2-5/h1,7H,2-4,6H2. The predicted octanol–water partition coefficient (Wildman–Crippen LogP) is -0.503. The van der Waals surface area contributed by atoms with Crippen LogP contribution in [0.25, 0.3) is 0 Å². The fraction of sp³-hybridized carbons (Fsp3) is 0.600. The lowest BCUT2D eigenvalue weighted by Gasteiger charge is -2.08. The molecule has 0 fully saturated rings. The van der Waals surface area contributed by atoms with E-state index in [1.54, 1.807) is 0 Å². The Kier molecular flexibility index (Phi) is 1.52. The van der Waals surface area contributed by atoms with Crippen molar-refractivity contribution in [1.82, 2.24) is 5.32 Å². The maximum absolute atomic E-state index is 3.24. The fourth-order valence-electron chi connectivity index (χ4n) is 0.736. The molecule has 1 heterocycles. The molecule has 0 saturated heterocycles. The van der Waals surface area contributed by atoms with Crippen molar-refractivity contribution >= 4 is 7.85 Å².